The molecule has 4 rings (SSSR count). The van der Waals surface area contributed by atoms with Gasteiger partial charge in [0.2, 0.25) is 11.8 Å². The van der Waals surface area contributed by atoms with Gasteiger partial charge in [0.25, 0.3) is 0 Å². The molecule has 0 N–H and O–H groups in total. The van der Waals surface area contributed by atoms with Crippen molar-refractivity contribution in [2.75, 3.05) is 66.1 Å². The van der Waals surface area contributed by atoms with Crippen LogP contribution in [0.3, 0.4) is 0 Å². The number of carbonyl (C=O) groups is 2. The van der Waals surface area contributed by atoms with Crippen LogP contribution in [-0.4, -0.2) is 97.8 Å². The second-order valence-electron chi connectivity index (χ2n) is 8.93. The van der Waals surface area contributed by atoms with Gasteiger partial charge in [-0.15, -0.1) is 0 Å². The number of aryl methyl sites for hydroxylation is 2. The second-order valence-corrected chi connectivity index (χ2v) is 8.93. The Balaban J connectivity index is 1.27. The van der Waals surface area contributed by atoms with Gasteiger partial charge >= 0.3 is 0 Å². The Morgan fingerprint density at radius 2 is 1.78 bits per heavy atom. The fourth-order valence-corrected chi connectivity index (χ4v) is 4.27. The summed E-state index contributed by atoms with van der Waals surface area (Å²) in [4.78, 5) is 31.0. The van der Waals surface area contributed by atoms with E-state index in [1.165, 1.54) is 0 Å². The number of amides is 2. The molecule has 0 radical (unpaired) electrons. The number of rotatable bonds is 8. The summed E-state index contributed by atoms with van der Waals surface area (Å²) in [7, 11) is 1.58. The highest BCUT2D eigenvalue weighted by Crippen LogP contribution is 2.30. The third kappa shape index (κ3) is 6.44. The van der Waals surface area contributed by atoms with E-state index >= 15 is 0 Å². The van der Waals surface area contributed by atoms with Crippen molar-refractivity contribution in [2.45, 2.75) is 20.5 Å². The van der Waals surface area contributed by atoms with E-state index in [1.807, 2.05) is 41.8 Å². The summed E-state index contributed by atoms with van der Waals surface area (Å²) < 4.78 is 21.9. The number of ether oxygens (including phenoxy) is 3. The van der Waals surface area contributed by atoms with Crippen molar-refractivity contribution in [2.24, 2.45) is 0 Å². The van der Waals surface area contributed by atoms with Crippen LogP contribution in [0.25, 0.3) is 6.08 Å². The number of aromatic nitrogens is 1. The van der Waals surface area contributed by atoms with Gasteiger partial charge in [0.05, 0.1) is 38.1 Å². The number of piperazine rings is 1. The van der Waals surface area contributed by atoms with Crippen LogP contribution in [0.1, 0.15) is 22.6 Å². The topological polar surface area (TPSA) is 97.6 Å². The summed E-state index contributed by atoms with van der Waals surface area (Å²) >= 11 is 0. The minimum atomic E-state index is -0.0492. The minimum absolute atomic E-state index is 0.0492. The van der Waals surface area contributed by atoms with E-state index in [2.05, 4.69) is 10.1 Å². The smallest absolute Gasteiger partial charge is 0.246 e. The summed E-state index contributed by atoms with van der Waals surface area (Å²) in [6.07, 6.45) is 3.35. The van der Waals surface area contributed by atoms with Crippen molar-refractivity contribution >= 4 is 17.9 Å². The summed E-state index contributed by atoms with van der Waals surface area (Å²) in [5.41, 5.74) is 2.55. The maximum Gasteiger partial charge on any atom is 0.246 e. The Morgan fingerprint density at radius 1 is 1.03 bits per heavy atom. The molecule has 1 aromatic heterocycles. The van der Waals surface area contributed by atoms with Crippen molar-refractivity contribution in [3.8, 4) is 11.5 Å². The molecular weight excluding hydrogens is 464 g/mol. The van der Waals surface area contributed by atoms with Gasteiger partial charge in [-0.3, -0.25) is 14.5 Å². The molecule has 0 unspecified atom stereocenters. The summed E-state index contributed by atoms with van der Waals surface area (Å²) in [6, 6.07) is 5.54. The molecule has 2 aliphatic rings. The Labute approximate surface area is 211 Å². The highest BCUT2D eigenvalue weighted by Gasteiger charge is 2.24. The van der Waals surface area contributed by atoms with Crippen molar-refractivity contribution in [1.82, 2.24) is 19.9 Å². The van der Waals surface area contributed by atoms with Crippen LogP contribution in [0.2, 0.25) is 0 Å². The van der Waals surface area contributed by atoms with Crippen LogP contribution in [0.5, 0.6) is 11.5 Å². The molecule has 3 heterocycles. The molecule has 2 saturated heterocycles. The van der Waals surface area contributed by atoms with Crippen LogP contribution in [0.4, 0.5) is 0 Å². The van der Waals surface area contributed by atoms with Crippen molar-refractivity contribution < 1.29 is 28.3 Å². The first kappa shape index (κ1) is 25.7. The number of morpholine rings is 1. The van der Waals surface area contributed by atoms with Gasteiger partial charge in [-0.2, -0.15) is 0 Å². The molecule has 0 bridgehead atoms. The van der Waals surface area contributed by atoms with Crippen LogP contribution >= 0.6 is 0 Å². The molecule has 10 heteroatoms. The monoisotopic (exact) mass is 498 g/mol. The molecule has 2 aromatic rings. The molecule has 194 valence electrons. The molecule has 2 aliphatic heterocycles. The van der Waals surface area contributed by atoms with E-state index in [0.29, 0.717) is 77.1 Å². The van der Waals surface area contributed by atoms with E-state index in [1.54, 1.807) is 19.3 Å². The lowest BCUT2D eigenvalue weighted by atomic mass is 10.1. The fraction of sp³-hybridized carbons (Fsp3) is 0.500. The quantitative estimate of drug-likeness (QED) is 0.509. The molecular formula is C26H34N4O6. The number of hydrogen-bond acceptors (Lipinski definition) is 8. The first-order valence-electron chi connectivity index (χ1n) is 12.2. The zero-order chi connectivity index (χ0) is 25.5. The lowest BCUT2D eigenvalue weighted by Gasteiger charge is -2.35. The number of benzene rings is 1. The van der Waals surface area contributed by atoms with Gasteiger partial charge in [0.1, 0.15) is 12.4 Å². The van der Waals surface area contributed by atoms with E-state index in [4.69, 9.17) is 18.7 Å². The van der Waals surface area contributed by atoms with Gasteiger partial charge in [0.15, 0.2) is 11.5 Å². The average Bonchev–Trinajstić information content (AvgIpc) is 3.23. The summed E-state index contributed by atoms with van der Waals surface area (Å²) in [5, 5.41) is 3.95. The predicted molar refractivity (Wildman–Crippen MR) is 133 cm³/mol. The Morgan fingerprint density at radius 3 is 2.44 bits per heavy atom. The lowest BCUT2D eigenvalue weighted by Crippen LogP contribution is -2.52. The van der Waals surface area contributed by atoms with E-state index in [9.17, 15) is 9.59 Å². The van der Waals surface area contributed by atoms with Crippen LogP contribution in [0.15, 0.2) is 28.8 Å². The molecule has 2 fully saturated rings. The fourth-order valence-electron chi connectivity index (χ4n) is 4.27. The minimum Gasteiger partial charge on any atom is -0.493 e. The van der Waals surface area contributed by atoms with Crippen molar-refractivity contribution in [3.05, 3.63) is 46.9 Å². The summed E-state index contributed by atoms with van der Waals surface area (Å²) in [6.45, 7) is 9.51. The van der Waals surface area contributed by atoms with Crippen LogP contribution < -0.4 is 9.47 Å². The maximum atomic E-state index is 12.7. The number of methoxy groups -OCH3 is 1. The molecule has 10 nitrogen and oxygen atoms in total. The number of carbonyl (C=O) groups excluding carboxylic acids is 2. The number of hydrogen-bond donors (Lipinski definition) is 0. The summed E-state index contributed by atoms with van der Waals surface area (Å²) in [5.74, 6) is 1.99. The number of nitrogens with zero attached hydrogens (tertiary/aromatic N) is 4. The zero-order valence-corrected chi connectivity index (χ0v) is 21.2. The van der Waals surface area contributed by atoms with E-state index < -0.39 is 0 Å². The maximum absolute atomic E-state index is 12.7. The van der Waals surface area contributed by atoms with Gasteiger partial charge < -0.3 is 28.5 Å². The van der Waals surface area contributed by atoms with Gasteiger partial charge in [-0.1, -0.05) is 11.2 Å². The van der Waals surface area contributed by atoms with E-state index in [0.717, 1.165) is 22.6 Å². The van der Waals surface area contributed by atoms with Gasteiger partial charge in [-0.05, 0) is 37.6 Å². The second kappa shape index (κ2) is 12.0. The lowest BCUT2D eigenvalue weighted by molar-refractivity contribution is -0.137. The Kier molecular flexibility index (Phi) is 8.61. The third-order valence-electron chi connectivity index (χ3n) is 6.57. The molecule has 0 aliphatic carbocycles. The van der Waals surface area contributed by atoms with Crippen LogP contribution in [-0.2, 0) is 20.9 Å². The molecule has 2 amide bonds. The largest absolute Gasteiger partial charge is 0.493 e. The van der Waals surface area contributed by atoms with Gasteiger partial charge in [-0.25, -0.2) is 0 Å². The Hall–Kier alpha value is -3.37. The zero-order valence-electron chi connectivity index (χ0n) is 21.2. The standard InChI is InChI=1S/C26H34N4O6/c1-19-22(20(2)36-27-19)18-35-23-6-4-21(16-24(23)33-3)5-7-25(31)29-10-8-28(9-11-29)17-26(32)30-12-14-34-15-13-30/h4-7,16H,8-15,17-18H2,1-3H3/b7-5+. The highest BCUT2D eigenvalue weighted by molar-refractivity contribution is 5.92. The molecule has 0 spiro atoms. The Bertz CT molecular complexity index is 1060. The normalized spacial score (nSPS) is 17.0. The third-order valence-corrected chi connectivity index (χ3v) is 6.57. The van der Waals surface area contributed by atoms with Crippen molar-refractivity contribution in [3.63, 3.8) is 0 Å². The molecule has 0 saturated carbocycles. The molecule has 1 aromatic carbocycles. The molecule has 0 atom stereocenters. The van der Waals surface area contributed by atoms with Crippen molar-refractivity contribution in [1.29, 1.82) is 0 Å². The highest BCUT2D eigenvalue weighted by atomic mass is 16.5. The van der Waals surface area contributed by atoms with Crippen LogP contribution in [0, 0.1) is 13.8 Å². The molecule has 36 heavy (non-hydrogen) atoms. The SMILES string of the molecule is COc1cc(/C=C/C(=O)N2CCN(CC(=O)N3CCOCC3)CC2)ccc1OCc1c(C)noc1C. The predicted octanol–water partition coefficient (Wildman–Crippen LogP) is 1.90. The average molecular weight is 499 g/mol. The first-order valence-corrected chi connectivity index (χ1v) is 12.2. The van der Waals surface area contributed by atoms with E-state index in [-0.39, 0.29) is 11.8 Å². The first-order chi connectivity index (χ1) is 17.4. The van der Waals surface area contributed by atoms with Gasteiger partial charge in [0, 0.05) is 45.3 Å².